The molecule has 0 radical (unpaired) electrons. The Morgan fingerprint density at radius 1 is 1.21 bits per heavy atom. The maximum absolute atomic E-state index is 13.3. The molecular formula is C24H33NO3. The average molecular weight is 384 g/mol. The fourth-order valence-electron chi connectivity index (χ4n) is 4.20. The van der Waals surface area contributed by atoms with Gasteiger partial charge >= 0.3 is 0 Å². The van der Waals surface area contributed by atoms with Gasteiger partial charge in [0.05, 0.1) is 6.10 Å². The normalized spacial score (nSPS) is 23.4. The van der Waals surface area contributed by atoms with Crippen molar-refractivity contribution in [1.29, 1.82) is 0 Å². The fourth-order valence-corrected chi connectivity index (χ4v) is 4.20. The third kappa shape index (κ3) is 4.33. The molecule has 4 heteroatoms. The second-order valence-corrected chi connectivity index (χ2v) is 8.08. The van der Waals surface area contributed by atoms with Crippen LogP contribution in [0, 0.1) is 5.92 Å². The van der Waals surface area contributed by atoms with Crippen molar-refractivity contribution in [3.05, 3.63) is 36.4 Å². The number of anilines is 1. The Labute approximate surface area is 168 Å². The van der Waals surface area contributed by atoms with Gasteiger partial charge in [0.25, 0.3) is 5.91 Å². The Bertz CT molecular complexity index is 815. The standard InChI is InChI=1S/C24H33NO3/c1-5-18(4)28-22-14-13-21(19-11-7-8-12-20(19)22)25-23(26)24(27-6-2)15-9-10-17(3)16-24/h7-8,11-14,17-18H,5-6,9-10,15-16H2,1-4H3,(H,25,26)/t17-,18+,24+/m1/s1. The van der Waals surface area contributed by atoms with Crippen LogP contribution in [0.3, 0.4) is 0 Å². The van der Waals surface area contributed by atoms with Gasteiger partial charge in [-0.2, -0.15) is 0 Å². The molecule has 3 atom stereocenters. The number of carbonyl (C=O) groups excluding carboxylic acids is 1. The van der Waals surface area contributed by atoms with Crippen molar-refractivity contribution in [1.82, 2.24) is 0 Å². The van der Waals surface area contributed by atoms with Crippen molar-refractivity contribution in [2.75, 3.05) is 11.9 Å². The van der Waals surface area contributed by atoms with E-state index in [1.54, 1.807) is 0 Å². The predicted molar refractivity (Wildman–Crippen MR) is 115 cm³/mol. The molecule has 0 heterocycles. The molecule has 0 aromatic heterocycles. The lowest BCUT2D eigenvalue weighted by Gasteiger charge is -2.38. The second kappa shape index (κ2) is 8.95. The van der Waals surface area contributed by atoms with Crippen LogP contribution in [-0.2, 0) is 9.53 Å². The minimum atomic E-state index is -0.723. The van der Waals surface area contributed by atoms with E-state index in [0.717, 1.165) is 54.3 Å². The zero-order valence-electron chi connectivity index (χ0n) is 17.6. The van der Waals surface area contributed by atoms with E-state index in [0.29, 0.717) is 12.5 Å². The van der Waals surface area contributed by atoms with Gasteiger partial charge in [0.2, 0.25) is 0 Å². The van der Waals surface area contributed by atoms with Crippen LogP contribution in [0.15, 0.2) is 36.4 Å². The van der Waals surface area contributed by atoms with E-state index in [-0.39, 0.29) is 12.0 Å². The van der Waals surface area contributed by atoms with Gasteiger partial charge < -0.3 is 14.8 Å². The number of ether oxygens (including phenoxy) is 2. The van der Waals surface area contributed by atoms with Crippen molar-refractivity contribution >= 4 is 22.4 Å². The maximum atomic E-state index is 13.3. The number of hydrogen-bond donors (Lipinski definition) is 1. The highest BCUT2D eigenvalue weighted by Gasteiger charge is 2.42. The first-order valence-electron chi connectivity index (χ1n) is 10.6. The van der Waals surface area contributed by atoms with Crippen molar-refractivity contribution in [2.45, 2.75) is 71.5 Å². The lowest BCUT2D eigenvalue weighted by Crippen LogP contribution is -2.48. The minimum absolute atomic E-state index is 0.0263. The first-order chi connectivity index (χ1) is 13.5. The summed E-state index contributed by atoms with van der Waals surface area (Å²) in [6, 6.07) is 12.0. The molecular weight excluding hydrogens is 350 g/mol. The molecule has 3 rings (SSSR count). The van der Waals surface area contributed by atoms with Crippen molar-refractivity contribution < 1.29 is 14.3 Å². The van der Waals surface area contributed by atoms with Crippen LogP contribution < -0.4 is 10.1 Å². The third-order valence-corrected chi connectivity index (χ3v) is 5.83. The summed E-state index contributed by atoms with van der Waals surface area (Å²) in [6.45, 7) is 8.89. The summed E-state index contributed by atoms with van der Waals surface area (Å²) < 4.78 is 12.1. The Morgan fingerprint density at radius 2 is 1.96 bits per heavy atom. The summed E-state index contributed by atoms with van der Waals surface area (Å²) in [5.41, 5.74) is 0.0915. The zero-order valence-corrected chi connectivity index (χ0v) is 17.6. The molecule has 1 saturated carbocycles. The predicted octanol–water partition coefficient (Wildman–Crippen LogP) is 5.94. The molecule has 0 bridgehead atoms. The summed E-state index contributed by atoms with van der Waals surface area (Å²) in [4.78, 5) is 13.3. The van der Waals surface area contributed by atoms with E-state index >= 15 is 0 Å². The quantitative estimate of drug-likeness (QED) is 0.643. The SMILES string of the molecule is CCO[C@@]1(C(=O)Nc2ccc(O[C@@H](C)CC)c3ccccc23)CCC[C@@H](C)C1. The van der Waals surface area contributed by atoms with Gasteiger partial charge in [-0.15, -0.1) is 0 Å². The topological polar surface area (TPSA) is 47.6 Å². The summed E-state index contributed by atoms with van der Waals surface area (Å²) in [5.74, 6) is 1.32. The summed E-state index contributed by atoms with van der Waals surface area (Å²) in [5, 5.41) is 5.19. The Morgan fingerprint density at radius 3 is 2.64 bits per heavy atom. The highest BCUT2D eigenvalue weighted by atomic mass is 16.5. The molecule has 2 aromatic carbocycles. The van der Waals surface area contributed by atoms with Gasteiger partial charge in [-0.05, 0) is 57.6 Å². The number of benzene rings is 2. The molecule has 1 aliphatic carbocycles. The van der Waals surface area contributed by atoms with E-state index in [4.69, 9.17) is 9.47 Å². The average Bonchev–Trinajstić information content (AvgIpc) is 2.69. The number of fused-ring (bicyclic) bond motifs is 1. The molecule has 0 aliphatic heterocycles. The van der Waals surface area contributed by atoms with Gasteiger partial charge in [-0.3, -0.25) is 4.79 Å². The highest BCUT2D eigenvalue weighted by Crippen LogP contribution is 2.38. The number of nitrogens with one attached hydrogen (secondary N) is 1. The number of amides is 1. The molecule has 28 heavy (non-hydrogen) atoms. The minimum Gasteiger partial charge on any atom is -0.490 e. The van der Waals surface area contributed by atoms with E-state index < -0.39 is 5.60 Å². The largest absolute Gasteiger partial charge is 0.490 e. The summed E-state index contributed by atoms with van der Waals surface area (Å²) in [7, 11) is 0. The van der Waals surface area contributed by atoms with E-state index in [1.807, 2.05) is 43.3 Å². The van der Waals surface area contributed by atoms with Crippen LogP contribution in [-0.4, -0.2) is 24.2 Å². The number of rotatable bonds is 7. The van der Waals surface area contributed by atoms with Crippen LogP contribution in [0.25, 0.3) is 10.8 Å². The molecule has 1 aliphatic rings. The van der Waals surface area contributed by atoms with Crippen LogP contribution in [0.4, 0.5) is 5.69 Å². The molecule has 1 fully saturated rings. The monoisotopic (exact) mass is 383 g/mol. The Kier molecular flexibility index (Phi) is 6.61. The van der Waals surface area contributed by atoms with Gasteiger partial charge in [0.15, 0.2) is 0 Å². The first kappa shape index (κ1) is 20.7. The lowest BCUT2D eigenvalue weighted by atomic mass is 9.78. The van der Waals surface area contributed by atoms with Crippen LogP contribution in [0.1, 0.15) is 59.8 Å². The maximum Gasteiger partial charge on any atom is 0.256 e. The molecule has 0 spiro atoms. The zero-order chi connectivity index (χ0) is 20.1. The van der Waals surface area contributed by atoms with Gasteiger partial charge in [0, 0.05) is 23.1 Å². The number of hydrogen-bond acceptors (Lipinski definition) is 3. The van der Waals surface area contributed by atoms with Crippen LogP contribution >= 0.6 is 0 Å². The van der Waals surface area contributed by atoms with Crippen LogP contribution in [0.2, 0.25) is 0 Å². The van der Waals surface area contributed by atoms with E-state index in [1.165, 1.54) is 0 Å². The molecule has 1 N–H and O–H groups in total. The molecule has 4 nitrogen and oxygen atoms in total. The third-order valence-electron chi connectivity index (χ3n) is 5.83. The van der Waals surface area contributed by atoms with Gasteiger partial charge in [-0.1, -0.05) is 44.5 Å². The Balaban J connectivity index is 1.91. The van der Waals surface area contributed by atoms with Gasteiger partial charge in [-0.25, -0.2) is 0 Å². The summed E-state index contributed by atoms with van der Waals surface area (Å²) in [6.07, 6.45) is 4.84. The number of carbonyl (C=O) groups is 1. The fraction of sp³-hybridized carbons (Fsp3) is 0.542. The van der Waals surface area contributed by atoms with E-state index in [9.17, 15) is 4.79 Å². The van der Waals surface area contributed by atoms with E-state index in [2.05, 4.69) is 26.1 Å². The molecule has 0 saturated heterocycles. The Hall–Kier alpha value is -2.07. The lowest BCUT2D eigenvalue weighted by molar-refractivity contribution is -0.147. The molecule has 0 unspecified atom stereocenters. The van der Waals surface area contributed by atoms with Crippen molar-refractivity contribution in [3.63, 3.8) is 0 Å². The summed E-state index contributed by atoms with van der Waals surface area (Å²) >= 11 is 0. The van der Waals surface area contributed by atoms with Crippen molar-refractivity contribution in [2.24, 2.45) is 5.92 Å². The van der Waals surface area contributed by atoms with Gasteiger partial charge in [0.1, 0.15) is 11.4 Å². The molecule has 1 amide bonds. The second-order valence-electron chi connectivity index (χ2n) is 8.08. The molecule has 152 valence electrons. The van der Waals surface area contributed by atoms with Crippen LogP contribution in [0.5, 0.6) is 5.75 Å². The smallest absolute Gasteiger partial charge is 0.256 e. The van der Waals surface area contributed by atoms with Crippen molar-refractivity contribution in [3.8, 4) is 5.75 Å². The highest BCUT2D eigenvalue weighted by molar-refractivity contribution is 6.06. The first-order valence-corrected chi connectivity index (χ1v) is 10.6. The molecule has 2 aromatic rings.